The third-order valence-corrected chi connectivity index (χ3v) is 6.34. The number of rotatable bonds is 5. The molecule has 2 amide bonds. The van der Waals surface area contributed by atoms with Gasteiger partial charge < -0.3 is 10.6 Å². The molecule has 0 spiro atoms. The number of benzene rings is 2. The van der Waals surface area contributed by atoms with E-state index in [0.29, 0.717) is 38.7 Å². The van der Waals surface area contributed by atoms with Gasteiger partial charge in [0.05, 0.1) is 17.8 Å². The van der Waals surface area contributed by atoms with Crippen LogP contribution >= 0.6 is 22.9 Å². The summed E-state index contributed by atoms with van der Waals surface area (Å²) in [6.45, 7) is 1.98. The van der Waals surface area contributed by atoms with Crippen molar-refractivity contribution in [3.63, 3.8) is 0 Å². The van der Waals surface area contributed by atoms with E-state index in [9.17, 15) is 9.59 Å². The van der Waals surface area contributed by atoms with Gasteiger partial charge in [-0.2, -0.15) is 0 Å². The molecule has 11 heteroatoms. The SMILES string of the molecule is CCc1nnc(NC(=O)c2ccc(Nc3ncc4c(n3)-c3ccc(Cl)cc3NC(=O)C4)cc2)s1. The number of hydrogen-bond acceptors (Lipinski definition) is 8. The van der Waals surface area contributed by atoms with E-state index in [1.54, 1.807) is 42.6 Å². The molecule has 2 aromatic carbocycles. The van der Waals surface area contributed by atoms with Crippen LogP contribution in [0.1, 0.15) is 27.9 Å². The van der Waals surface area contributed by atoms with Gasteiger partial charge in [-0.25, -0.2) is 9.97 Å². The van der Waals surface area contributed by atoms with Gasteiger partial charge in [-0.15, -0.1) is 10.2 Å². The molecule has 3 heterocycles. The summed E-state index contributed by atoms with van der Waals surface area (Å²) in [5.41, 5.74) is 3.95. The molecule has 9 nitrogen and oxygen atoms in total. The first kappa shape index (κ1) is 21.9. The maximum Gasteiger partial charge on any atom is 0.257 e. The third-order valence-electron chi connectivity index (χ3n) is 5.12. The van der Waals surface area contributed by atoms with Gasteiger partial charge in [0.15, 0.2) is 0 Å². The molecule has 5 rings (SSSR count). The number of halogens is 1. The fourth-order valence-electron chi connectivity index (χ4n) is 3.47. The lowest BCUT2D eigenvalue weighted by Gasteiger charge is -2.11. The summed E-state index contributed by atoms with van der Waals surface area (Å²) < 4.78 is 0. The molecule has 1 aliphatic heterocycles. The number of anilines is 4. The lowest BCUT2D eigenvalue weighted by Crippen LogP contribution is -2.12. The standard InChI is InChI=1S/C23H18ClN7O2S/c1-2-19-30-31-23(34-19)29-21(33)12-3-6-15(7-4-12)26-22-25-11-13-9-18(32)27-17-10-14(24)5-8-16(17)20(13)28-22/h3-8,10-11H,2,9H2,1H3,(H,27,32)(H,25,26,28)(H,29,31,33). The predicted molar refractivity (Wildman–Crippen MR) is 132 cm³/mol. The maximum atomic E-state index is 12.5. The van der Waals surface area contributed by atoms with Crippen molar-refractivity contribution in [2.45, 2.75) is 19.8 Å². The van der Waals surface area contributed by atoms with Crippen molar-refractivity contribution in [2.24, 2.45) is 0 Å². The lowest BCUT2D eigenvalue weighted by atomic mass is 10.1. The van der Waals surface area contributed by atoms with Crippen LogP contribution in [-0.4, -0.2) is 32.0 Å². The second-order valence-corrected chi connectivity index (χ2v) is 8.99. The Morgan fingerprint density at radius 2 is 2.00 bits per heavy atom. The molecule has 1 aliphatic rings. The summed E-state index contributed by atoms with van der Waals surface area (Å²) >= 11 is 7.45. The predicted octanol–water partition coefficient (Wildman–Crippen LogP) is 4.70. The van der Waals surface area contributed by atoms with Crippen LogP contribution in [0.2, 0.25) is 5.02 Å². The summed E-state index contributed by atoms with van der Waals surface area (Å²) in [6, 6.07) is 12.2. The number of carbonyl (C=O) groups excluding carboxylic acids is 2. The summed E-state index contributed by atoms with van der Waals surface area (Å²) in [4.78, 5) is 33.7. The number of hydrogen-bond donors (Lipinski definition) is 3. The van der Waals surface area contributed by atoms with Crippen LogP contribution in [0.3, 0.4) is 0 Å². The first-order chi connectivity index (χ1) is 16.5. The van der Waals surface area contributed by atoms with Crippen LogP contribution in [0.4, 0.5) is 22.5 Å². The van der Waals surface area contributed by atoms with E-state index in [1.807, 2.05) is 13.0 Å². The van der Waals surface area contributed by atoms with Crippen LogP contribution < -0.4 is 16.0 Å². The minimum Gasteiger partial charge on any atom is -0.325 e. The second kappa shape index (κ2) is 9.16. The molecule has 0 saturated carbocycles. The quantitative estimate of drug-likeness (QED) is 0.370. The van der Waals surface area contributed by atoms with Gasteiger partial charge in [0, 0.05) is 33.6 Å². The van der Waals surface area contributed by atoms with Crippen molar-refractivity contribution < 1.29 is 9.59 Å². The van der Waals surface area contributed by atoms with Gasteiger partial charge in [0.2, 0.25) is 17.0 Å². The van der Waals surface area contributed by atoms with E-state index in [1.165, 1.54) is 11.3 Å². The topological polar surface area (TPSA) is 122 Å². The lowest BCUT2D eigenvalue weighted by molar-refractivity contribution is -0.115. The Bertz CT molecular complexity index is 1400. The Kier molecular flexibility index (Phi) is 5.91. The van der Waals surface area contributed by atoms with E-state index >= 15 is 0 Å². The molecule has 34 heavy (non-hydrogen) atoms. The summed E-state index contributed by atoms with van der Waals surface area (Å²) in [6.07, 6.45) is 2.58. The van der Waals surface area contributed by atoms with Crippen molar-refractivity contribution in [3.05, 3.63) is 69.8 Å². The van der Waals surface area contributed by atoms with Crippen molar-refractivity contribution >= 4 is 57.2 Å². The second-order valence-electron chi connectivity index (χ2n) is 7.49. The monoisotopic (exact) mass is 491 g/mol. The molecule has 0 aliphatic carbocycles. The fourth-order valence-corrected chi connectivity index (χ4v) is 4.32. The number of carbonyl (C=O) groups is 2. The van der Waals surface area contributed by atoms with Crippen LogP contribution in [0.5, 0.6) is 0 Å². The summed E-state index contributed by atoms with van der Waals surface area (Å²) in [5, 5.41) is 18.6. The Balaban J connectivity index is 1.35. The average molecular weight is 492 g/mol. The molecule has 0 fully saturated rings. The van der Waals surface area contributed by atoms with E-state index in [2.05, 4.69) is 36.1 Å². The normalized spacial score (nSPS) is 12.2. The molecule has 0 radical (unpaired) electrons. The van der Waals surface area contributed by atoms with Crippen molar-refractivity contribution in [3.8, 4) is 11.3 Å². The summed E-state index contributed by atoms with van der Waals surface area (Å²) in [7, 11) is 0. The highest BCUT2D eigenvalue weighted by Gasteiger charge is 2.21. The van der Waals surface area contributed by atoms with E-state index in [4.69, 9.17) is 11.6 Å². The molecule has 0 saturated heterocycles. The first-order valence-electron chi connectivity index (χ1n) is 10.4. The number of nitrogens with one attached hydrogen (secondary N) is 3. The minimum atomic E-state index is -0.265. The number of amides is 2. The molecular formula is C23H18ClN7O2S. The Hall–Kier alpha value is -3.89. The van der Waals surface area contributed by atoms with E-state index in [0.717, 1.165) is 22.6 Å². The first-order valence-corrected chi connectivity index (χ1v) is 11.6. The van der Waals surface area contributed by atoms with Crippen molar-refractivity contribution in [1.29, 1.82) is 0 Å². The van der Waals surface area contributed by atoms with Gasteiger partial charge >= 0.3 is 0 Å². The van der Waals surface area contributed by atoms with E-state index < -0.39 is 0 Å². The number of nitrogens with zero attached hydrogens (tertiary/aromatic N) is 4. The van der Waals surface area contributed by atoms with Crippen LogP contribution in [0.25, 0.3) is 11.3 Å². The van der Waals surface area contributed by atoms with Crippen LogP contribution in [0, 0.1) is 0 Å². The van der Waals surface area contributed by atoms with Crippen molar-refractivity contribution in [1.82, 2.24) is 20.2 Å². The van der Waals surface area contributed by atoms with Gasteiger partial charge in [0.1, 0.15) is 5.01 Å². The van der Waals surface area contributed by atoms with Crippen molar-refractivity contribution in [2.75, 3.05) is 16.0 Å². The molecule has 170 valence electrons. The maximum absolute atomic E-state index is 12.5. The molecular weight excluding hydrogens is 474 g/mol. The molecule has 0 unspecified atom stereocenters. The van der Waals surface area contributed by atoms with Crippen LogP contribution in [-0.2, 0) is 17.6 Å². The number of aryl methyl sites for hydroxylation is 1. The highest BCUT2D eigenvalue weighted by Crippen LogP contribution is 2.34. The smallest absolute Gasteiger partial charge is 0.257 e. The van der Waals surface area contributed by atoms with E-state index in [-0.39, 0.29) is 18.2 Å². The Morgan fingerprint density at radius 3 is 2.76 bits per heavy atom. The number of aromatic nitrogens is 4. The summed E-state index contributed by atoms with van der Waals surface area (Å²) in [5.74, 6) is -0.0499. The largest absolute Gasteiger partial charge is 0.325 e. The van der Waals surface area contributed by atoms with Gasteiger partial charge in [-0.1, -0.05) is 29.9 Å². The van der Waals surface area contributed by atoms with Crippen LogP contribution in [0.15, 0.2) is 48.7 Å². The zero-order valence-electron chi connectivity index (χ0n) is 17.9. The highest BCUT2D eigenvalue weighted by atomic mass is 35.5. The zero-order valence-corrected chi connectivity index (χ0v) is 19.5. The zero-order chi connectivity index (χ0) is 23.7. The minimum absolute atomic E-state index is 0.153. The third kappa shape index (κ3) is 4.59. The van der Waals surface area contributed by atoms with Gasteiger partial charge in [-0.05, 0) is 48.9 Å². The fraction of sp³-hybridized carbons (Fsp3) is 0.130. The number of fused-ring (bicyclic) bond motifs is 3. The molecule has 3 N–H and O–H groups in total. The average Bonchev–Trinajstić information content (AvgIpc) is 3.23. The van der Waals surface area contributed by atoms with Gasteiger partial charge in [0.25, 0.3) is 5.91 Å². The Morgan fingerprint density at radius 1 is 1.18 bits per heavy atom. The van der Waals surface area contributed by atoms with Gasteiger partial charge in [-0.3, -0.25) is 14.9 Å². The Labute approximate surface area is 203 Å². The molecule has 0 bridgehead atoms. The molecule has 4 aromatic rings. The highest BCUT2D eigenvalue weighted by molar-refractivity contribution is 7.15. The molecule has 2 aromatic heterocycles. The molecule has 0 atom stereocenters.